The molecule has 1 heteroatoms. The zero-order chi connectivity index (χ0) is 7.90. The lowest BCUT2D eigenvalue weighted by atomic mass is 9.67. The Kier molecular flexibility index (Phi) is 1.35. The first-order valence-corrected chi connectivity index (χ1v) is 4.28. The van der Waals surface area contributed by atoms with Gasteiger partial charge in [0.1, 0.15) is 7.85 Å². The van der Waals surface area contributed by atoms with Gasteiger partial charge in [-0.2, -0.15) is 0 Å². The minimum absolute atomic E-state index is 0.427. The van der Waals surface area contributed by atoms with Gasteiger partial charge in [-0.25, -0.2) is 0 Å². The molecule has 0 heterocycles. The Morgan fingerprint density at radius 3 is 2.82 bits per heavy atom. The molecule has 11 heavy (non-hydrogen) atoms. The van der Waals surface area contributed by atoms with Gasteiger partial charge in [0, 0.05) is 0 Å². The number of aryl methyl sites for hydroxylation is 1. The molecular formula is C10H13B. The molecule has 0 N–H and O–H groups in total. The number of benzene rings is 1. The molecule has 1 aliphatic carbocycles. The van der Waals surface area contributed by atoms with Gasteiger partial charge in [0.2, 0.25) is 0 Å². The molecule has 1 aromatic rings. The quantitative estimate of drug-likeness (QED) is 0.484. The average Bonchev–Trinajstić information content (AvgIpc) is 2.29. The van der Waals surface area contributed by atoms with Crippen LogP contribution in [0.4, 0.5) is 0 Å². The lowest BCUT2D eigenvalue weighted by Crippen LogP contribution is -2.17. The second-order valence-electron chi connectivity index (χ2n) is 4.04. The lowest BCUT2D eigenvalue weighted by molar-refractivity contribution is 0.665. The molecule has 0 aromatic heterocycles. The van der Waals surface area contributed by atoms with Gasteiger partial charge in [-0.05, 0) is 29.3 Å². The summed E-state index contributed by atoms with van der Waals surface area (Å²) in [5.74, 6) is 0. The summed E-state index contributed by atoms with van der Waals surface area (Å²) in [6.07, 6.45) is 2.58. The Labute approximate surface area is 69.0 Å². The maximum atomic E-state index is 2.33. The smallest absolute Gasteiger partial charge is 0.0630 e. The van der Waals surface area contributed by atoms with Crippen LogP contribution in [0.25, 0.3) is 0 Å². The molecule has 0 saturated heterocycles. The van der Waals surface area contributed by atoms with E-state index in [4.69, 9.17) is 0 Å². The van der Waals surface area contributed by atoms with Gasteiger partial charge in [0.15, 0.2) is 0 Å². The highest BCUT2D eigenvalue weighted by molar-refractivity contribution is 6.16. The Balaban J connectivity index is 2.56. The van der Waals surface area contributed by atoms with E-state index >= 15 is 0 Å². The summed E-state index contributed by atoms with van der Waals surface area (Å²) < 4.78 is 0. The fourth-order valence-corrected chi connectivity index (χ4v) is 1.98. The minimum Gasteiger partial charge on any atom is -0.0630 e. The molecule has 0 spiro atoms. The molecule has 1 unspecified atom stereocenters. The minimum atomic E-state index is 0.427. The van der Waals surface area contributed by atoms with Crippen molar-refractivity contribution >= 4 is 7.85 Å². The van der Waals surface area contributed by atoms with Crippen molar-refractivity contribution in [3.05, 3.63) is 35.4 Å². The highest BCUT2D eigenvalue weighted by atomic mass is 14.3. The van der Waals surface area contributed by atoms with E-state index in [1.807, 2.05) is 0 Å². The van der Waals surface area contributed by atoms with E-state index in [1.54, 1.807) is 11.1 Å². The van der Waals surface area contributed by atoms with Crippen LogP contribution in [-0.4, -0.2) is 7.85 Å². The predicted molar refractivity (Wildman–Crippen MR) is 50.7 cm³/mol. The van der Waals surface area contributed by atoms with Crippen LogP contribution in [0.1, 0.15) is 24.5 Å². The van der Waals surface area contributed by atoms with Crippen LogP contribution in [0.2, 0.25) is 0 Å². The lowest BCUT2D eigenvalue weighted by Gasteiger charge is -2.18. The highest BCUT2D eigenvalue weighted by Gasteiger charge is 2.28. The number of fused-ring (bicyclic) bond motifs is 1. The number of hydrogen-bond donors (Lipinski definition) is 0. The maximum Gasteiger partial charge on any atom is 0.114 e. The van der Waals surface area contributed by atoms with Gasteiger partial charge in [-0.1, -0.05) is 31.2 Å². The van der Waals surface area contributed by atoms with Crippen LogP contribution < -0.4 is 0 Å². The molecule has 0 bridgehead atoms. The summed E-state index contributed by atoms with van der Waals surface area (Å²) in [7, 11) is 2.33. The Bertz CT molecular complexity index is 276. The van der Waals surface area contributed by atoms with Gasteiger partial charge in [-0.3, -0.25) is 0 Å². The van der Waals surface area contributed by atoms with Crippen LogP contribution in [0, 0.1) is 0 Å². The van der Waals surface area contributed by atoms with Crippen LogP contribution >= 0.6 is 0 Å². The van der Waals surface area contributed by atoms with E-state index in [0.717, 1.165) is 0 Å². The van der Waals surface area contributed by atoms with Crippen molar-refractivity contribution in [3.63, 3.8) is 0 Å². The molecule has 0 fully saturated rings. The summed E-state index contributed by atoms with van der Waals surface area (Å²) in [4.78, 5) is 0. The van der Waals surface area contributed by atoms with Crippen LogP contribution in [-0.2, 0) is 11.7 Å². The molecule has 56 valence electrons. The predicted octanol–water partition coefficient (Wildman–Crippen LogP) is 1.48. The van der Waals surface area contributed by atoms with Crippen molar-refractivity contribution in [2.45, 2.75) is 25.1 Å². The van der Waals surface area contributed by atoms with E-state index in [-0.39, 0.29) is 0 Å². The van der Waals surface area contributed by atoms with Gasteiger partial charge in [0.25, 0.3) is 0 Å². The highest BCUT2D eigenvalue weighted by Crippen LogP contribution is 2.35. The van der Waals surface area contributed by atoms with Crippen molar-refractivity contribution in [1.82, 2.24) is 0 Å². The summed E-state index contributed by atoms with van der Waals surface area (Å²) >= 11 is 0. The molecule has 1 atom stereocenters. The molecule has 1 aliphatic rings. The van der Waals surface area contributed by atoms with E-state index < -0.39 is 0 Å². The van der Waals surface area contributed by atoms with Crippen LogP contribution in [0.15, 0.2) is 24.3 Å². The Morgan fingerprint density at radius 1 is 1.36 bits per heavy atom. The zero-order valence-corrected chi connectivity index (χ0v) is 7.22. The normalized spacial score (nSPS) is 28.5. The SMILES string of the molecule is BC1(C)CCc2ccccc21. The molecule has 0 saturated carbocycles. The summed E-state index contributed by atoms with van der Waals surface area (Å²) in [5, 5.41) is 0.427. The second-order valence-corrected chi connectivity index (χ2v) is 4.04. The first kappa shape index (κ1) is 6.96. The molecule has 1 aromatic carbocycles. The average molecular weight is 144 g/mol. The molecule has 2 rings (SSSR count). The third-order valence-electron chi connectivity index (χ3n) is 2.77. The Hall–Kier alpha value is -0.715. The van der Waals surface area contributed by atoms with E-state index in [9.17, 15) is 0 Å². The topological polar surface area (TPSA) is 0 Å². The van der Waals surface area contributed by atoms with Gasteiger partial charge < -0.3 is 0 Å². The van der Waals surface area contributed by atoms with Crippen molar-refractivity contribution in [2.24, 2.45) is 0 Å². The number of hydrogen-bond acceptors (Lipinski definition) is 0. The van der Waals surface area contributed by atoms with Crippen LogP contribution in [0.5, 0.6) is 0 Å². The van der Waals surface area contributed by atoms with Crippen molar-refractivity contribution in [3.8, 4) is 0 Å². The maximum absolute atomic E-state index is 2.33. The van der Waals surface area contributed by atoms with Gasteiger partial charge in [0.05, 0.1) is 0 Å². The molecule has 0 amide bonds. The largest absolute Gasteiger partial charge is 0.114 e. The van der Waals surface area contributed by atoms with Crippen molar-refractivity contribution < 1.29 is 0 Å². The zero-order valence-electron chi connectivity index (χ0n) is 7.22. The summed E-state index contributed by atoms with van der Waals surface area (Å²) in [6.45, 7) is 2.33. The molecule has 0 aliphatic heterocycles. The van der Waals surface area contributed by atoms with Gasteiger partial charge >= 0.3 is 0 Å². The van der Waals surface area contributed by atoms with Gasteiger partial charge in [-0.15, -0.1) is 0 Å². The first-order valence-electron chi connectivity index (χ1n) is 4.28. The molecule has 0 radical (unpaired) electrons. The fraction of sp³-hybridized carbons (Fsp3) is 0.400. The standard InChI is InChI=1S/C10H13B/c1-10(11)7-6-8-4-2-3-5-9(8)10/h2-5H,6-7,11H2,1H3. The first-order chi connectivity index (χ1) is 5.20. The Morgan fingerprint density at radius 2 is 2.09 bits per heavy atom. The third-order valence-corrected chi connectivity index (χ3v) is 2.77. The van der Waals surface area contributed by atoms with Crippen molar-refractivity contribution in [1.29, 1.82) is 0 Å². The fourth-order valence-electron chi connectivity index (χ4n) is 1.98. The summed E-state index contributed by atoms with van der Waals surface area (Å²) in [5.41, 5.74) is 3.11. The van der Waals surface area contributed by atoms with E-state index in [0.29, 0.717) is 5.31 Å². The third kappa shape index (κ3) is 0.992. The second kappa shape index (κ2) is 2.13. The van der Waals surface area contributed by atoms with E-state index in [2.05, 4.69) is 39.0 Å². The number of rotatable bonds is 0. The van der Waals surface area contributed by atoms with Crippen molar-refractivity contribution in [2.75, 3.05) is 0 Å². The summed E-state index contributed by atoms with van der Waals surface area (Å²) in [6, 6.07) is 8.80. The van der Waals surface area contributed by atoms with Crippen LogP contribution in [0.3, 0.4) is 0 Å². The monoisotopic (exact) mass is 144 g/mol. The molecule has 0 nitrogen and oxygen atoms in total. The van der Waals surface area contributed by atoms with E-state index in [1.165, 1.54) is 12.8 Å². The molecular weight excluding hydrogens is 131 g/mol.